The minimum Gasteiger partial charge on any atom is -0.495 e. The second kappa shape index (κ2) is 7.33. The molecule has 1 heterocycles. The van der Waals surface area contributed by atoms with Crippen LogP contribution in [0.1, 0.15) is 12.7 Å². The predicted molar refractivity (Wildman–Crippen MR) is 86.3 cm³/mol. The van der Waals surface area contributed by atoms with E-state index in [1.54, 1.807) is 31.6 Å². The van der Waals surface area contributed by atoms with Gasteiger partial charge in [0.1, 0.15) is 11.5 Å². The molecule has 22 heavy (non-hydrogen) atoms. The Labute approximate surface area is 134 Å². The molecule has 6 heteroatoms. The first kappa shape index (κ1) is 16.4. The molecule has 1 amide bonds. The SMILES string of the molecule is COc1ccc(NC(=O)C(C)N(C)Cc2ccco2)cc1Cl. The summed E-state index contributed by atoms with van der Waals surface area (Å²) in [5.74, 6) is 1.27. The molecule has 1 unspecified atom stereocenters. The number of hydrogen-bond donors (Lipinski definition) is 1. The van der Waals surface area contributed by atoms with Crippen LogP contribution in [0.4, 0.5) is 5.69 Å². The summed E-state index contributed by atoms with van der Waals surface area (Å²) in [6.07, 6.45) is 1.62. The van der Waals surface area contributed by atoms with Gasteiger partial charge in [-0.25, -0.2) is 0 Å². The summed E-state index contributed by atoms with van der Waals surface area (Å²) >= 11 is 6.05. The Morgan fingerprint density at radius 2 is 2.23 bits per heavy atom. The molecule has 0 fully saturated rings. The maximum absolute atomic E-state index is 12.3. The van der Waals surface area contributed by atoms with Crippen LogP contribution in [0.5, 0.6) is 5.75 Å². The van der Waals surface area contributed by atoms with E-state index in [-0.39, 0.29) is 11.9 Å². The van der Waals surface area contributed by atoms with Crippen molar-refractivity contribution in [1.29, 1.82) is 0 Å². The Hall–Kier alpha value is -1.98. The van der Waals surface area contributed by atoms with E-state index < -0.39 is 0 Å². The van der Waals surface area contributed by atoms with E-state index in [9.17, 15) is 4.79 Å². The first-order chi connectivity index (χ1) is 10.5. The molecule has 1 N–H and O–H groups in total. The number of hydrogen-bond acceptors (Lipinski definition) is 4. The minimum absolute atomic E-state index is 0.115. The van der Waals surface area contributed by atoms with Crippen LogP contribution in [-0.4, -0.2) is 31.0 Å². The molecule has 0 aliphatic rings. The number of furan rings is 1. The molecule has 0 bridgehead atoms. The fourth-order valence-electron chi connectivity index (χ4n) is 1.98. The first-order valence-corrected chi connectivity index (χ1v) is 7.26. The van der Waals surface area contributed by atoms with Gasteiger partial charge in [0, 0.05) is 5.69 Å². The topological polar surface area (TPSA) is 54.7 Å². The highest BCUT2D eigenvalue weighted by atomic mass is 35.5. The van der Waals surface area contributed by atoms with Crippen LogP contribution in [-0.2, 0) is 11.3 Å². The number of amides is 1. The molecule has 2 aromatic rings. The fraction of sp³-hybridized carbons (Fsp3) is 0.312. The van der Waals surface area contributed by atoms with Crippen LogP contribution < -0.4 is 10.1 Å². The van der Waals surface area contributed by atoms with Crippen LogP contribution >= 0.6 is 11.6 Å². The number of rotatable bonds is 6. The van der Waals surface area contributed by atoms with E-state index in [1.165, 1.54) is 0 Å². The van der Waals surface area contributed by atoms with Crippen molar-refractivity contribution in [3.05, 3.63) is 47.4 Å². The molecule has 0 spiro atoms. The monoisotopic (exact) mass is 322 g/mol. The third-order valence-corrected chi connectivity index (χ3v) is 3.74. The minimum atomic E-state index is -0.314. The zero-order valence-corrected chi connectivity index (χ0v) is 13.6. The van der Waals surface area contributed by atoms with E-state index in [4.69, 9.17) is 20.8 Å². The number of nitrogens with zero attached hydrogens (tertiary/aromatic N) is 1. The number of methoxy groups -OCH3 is 1. The Bertz CT molecular complexity index is 628. The van der Waals surface area contributed by atoms with Crippen LogP contribution in [0, 0.1) is 0 Å². The summed E-state index contributed by atoms with van der Waals surface area (Å²) < 4.78 is 10.4. The average molecular weight is 323 g/mol. The third-order valence-electron chi connectivity index (χ3n) is 3.45. The van der Waals surface area contributed by atoms with Crippen molar-refractivity contribution in [3.8, 4) is 5.75 Å². The lowest BCUT2D eigenvalue weighted by atomic mass is 10.2. The van der Waals surface area contributed by atoms with Gasteiger partial charge in [0.05, 0.1) is 31.0 Å². The van der Waals surface area contributed by atoms with E-state index in [2.05, 4.69) is 5.32 Å². The third kappa shape index (κ3) is 4.02. The van der Waals surface area contributed by atoms with Crippen LogP contribution in [0.3, 0.4) is 0 Å². The van der Waals surface area contributed by atoms with Crippen LogP contribution in [0.2, 0.25) is 5.02 Å². The van der Waals surface area contributed by atoms with Gasteiger partial charge in [0.2, 0.25) is 5.91 Å². The van der Waals surface area contributed by atoms with Crippen molar-refractivity contribution < 1.29 is 13.9 Å². The number of halogens is 1. The van der Waals surface area contributed by atoms with Crippen molar-refractivity contribution in [3.63, 3.8) is 0 Å². The van der Waals surface area contributed by atoms with Gasteiger partial charge in [-0.05, 0) is 44.3 Å². The molecule has 2 rings (SSSR count). The molecule has 0 aliphatic heterocycles. The smallest absolute Gasteiger partial charge is 0.241 e. The summed E-state index contributed by atoms with van der Waals surface area (Å²) in [7, 11) is 3.42. The standard InChI is InChI=1S/C16H19ClN2O3/c1-11(19(2)10-13-5-4-8-22-13)16(20)18-12-6-7-15(21-3)14(17)9-12/h4-9,11H,10H2,1-3H3,(H,18,20). The highest BCUT2D eigenvalue weighted by molar-refractivity contribution is 6.32. The van der Waals surface area contributed by atoms with Gasteiger partial charge >= 0.3 is 0 Å². The number of carbonyl (C=O) groups is 1. The lowest BCUT2D eigenvalue weighted by molar-refractivity contribution is -0.120. The summed E-state index contributed by atoms with van der Waals surface area (Å²) in [6.45, 7) is 2.40. The van der Waals surface area contributed by atoms with Crippen molar-refractivity contribution in [2.45, 2.75) is 19.5 Å². The van der Waals surface area contributed by atoms with Crippen molar-refractivity contribution in [2.24, 2.45) is 0 Å². The van der Waals surface area contributed by atoms with E-state index in [0.29, 0.717) is 23.0 Å². The summed E-state index contributed by atoms with van der Waals surface area (Å²) in [6, 6.07) is 8.53. The Kier molecular flexibility index (Phi) is 5.46. The fourth-order valence-corrected chi connectivity index (χ4v) is 2.23. The molecule has 1 aromatic carbocycles. The number of anilines is 1. The zero-order chi connectivity index (χ0) is 16.1. The van der Waals surface area contributed by atoms with Gasteiger partial charge < -0.3 is 14.5 Å². The molecular formula is C16H19ClN2O3. The van der Waals surface area contributed by atoms with E-state index in [1.807, 2.05) is 31.0 Å². The summed E-state index contributed by atoms with van der Waals surface area (Å²) in [5, 5.41) is 3.30. The van der Waals surface area contributed by atoms with Crippen molar-refractivity contribution >= 4 is 23.2 Å². The van der Waals surface area contributed by atoms with Gasteiger partial charge in [-0.2, -0.15) is 0 Å². The molecule has 0 radical (unpaired) electrons. The number of benzene rings is 1. The second-order valence-corrected chi connectivity index (χ2v) is 5.42. The average Bonchev–Trinajstić information content (AvgIpc) is 2.99. The normalized spacial score (nSPS) is 12.2. The molecule has 118 valence electrons. The Balaban J connectivity index is 1.97. The summed E-state index contributed by atoms with van der Waals surface area (Å²) in [5.41, 5.74) is 0.633. The van der Waals surface area contributed by atoms with Gasteiger partial charge in [-0.15, -0.1) is 0 Å². The first-order valence-electron chi connectivity index (χ1n) is 6.88. The molecule has 0 aliphatic carbocycles. The molecule has 0 saturated heterocycles. The highest BCUT2D eigenvalue weighted by Gasteiger charge is 2.19. The quantitative estimate of drug-likeness (QED) is 0.885. The van der Waals surface area contributed by atoms with Crippen LogP contribution in [0.25, 0.3) is 0 Å². The van der Waals surface area contributed by atoms with E-state index >= 15 is 0 Å². The van der Waals surface area contributed by atoms with Gasteiger partial charge in [-0.1, -0.05) is 11.6 Å². The maximum Gasteiger partial charge on any atom is 0.241 e. The molecule has 1 aromatic heterocycles. The Morgan fingerprint density at radius 1 is 1.45 bits per heavy atom. The van der Waals surface area contributed by atoms with Crippen molar-refractivity contribution in [2.75, 3.05) is 19.5 Å². The van der Waals surface area contributed by atoms with Gasteiger partial charge in [0.15, 0.2) is 0 Å². The highest BCUT2D eigenvalue weighted by Crippen LogP contribution is 2.27. The predicted octanol–water partition coefficient (Wildman–Crippen LogP) is 3.40. The molecular weight excluding hydrogens is 304 g/mol. The largest absolute Gasteiger partial charge is 0.495 e. The molecule has 0 saturated carbocycles. The number of nitrogens with one attached hydrogen (secondary N) is 1. The van der Waals surface area contributed by atoms with E-state index in [0.717, 1.165) is 5.76 Å². The van der Waals surface area contributed by atoms with Gasteiger partial charge in [0.25, 0.3) is 0 Å². The Morgan fingerprint density at radius 3 is 2.82 bits per heavy atom. The van der Waals surface area contributed by atoms with Crippen LogP contribution in [0.15, 0.2) is 41.0 Å². The summed E-state index contributed by atoms with van der Waals surface area (Å²) in [4.78, 5) is 14.2. The lowest BCUT2D eigenvalue weighted by Crippen LogP contribution is -2.39. The maximum atomic E-state index is 12.3. The van der Waals surface area contributed by atoms with Gasteiger partial charge in [-0.3, -0.25) is 9.69 Å². The second-order valence-electron chi connectivity index (χ2n) is 5.01. The molecule has 1 atom stereocenters. The number of likely N-dealkylation sites (N-methyl/N-ethyl adjacent to an activating group) is 1. The van der Waals surface area contributed by atoms with Crippen molar-refractivity contribution in [1.82, 2.24) is 4.90 Å². The number of ether oxygens (including phenoxy) is 1. The lowest BCUT2D eigenvalue weighted by Gasteiger charge is -2.23. The zero-order valence-electron chi connectivity index (χ0n) is 12.8. The molecule has 5 nitrogen and oxygen atoms in total. The number of carbonyl (C=O) groups excluding carboxylic acids is 1.